The van der Waals surface area contributed by atoms with Gasteiger partial charge in [0.25, 0.3) is 0 Å². The number of halogens is 1. The van der Waals surface area contributed by atoms with Gasteiger partial charge in [-0.1, -0.05) is 18.7 Å². The number of hydrogen-bond donors (Lipinski definition) is 2. The van der Waals surface area contributed by atoms with Crippen molar-refractivity contribution in [2.45, 2.75) is 25.0 Å². The van der Waals surface area contributed by atoms with Crippen molar-refractivity contribution in [2.24, 2.45) is 0 Å². The van der Waals surface area contributed by atoms with Crippen LogP contribution in [0, 0.1) is 5.82 Å². The lowest BCUT2D eigenvalue weighted by molar-refractivity contribution is 0.101. The number of phenolic OH excluding ortho intramolecular Hbond substituents is 1. The summed E-state index contributed by atoms with van der Waals surface area (Å²) in [6.45, 7) is 2.42. The fourth-order valence-electron chi connectivity index (χ4n) is 1.77. The van der Waals surface area contributed by atoms with Crippen molar-refractivity contribution in [2.75, 3.05) is 5.75 Å². The van der Waals surface area contributed by atoms with E-state index in [9.17, 15) is 19.1 Å². The second kappa shape index (κ2) is 6.57. The number of carbonyl (C=O) groups excluding carboxylic acids is 1. The van der Waals surface area contributed by atoms with E-state index in [-0.39, 0.29) is 22.8 Å². The van der Waals surface area contributed by atoms with Gasteiger partial charge in [0.1, 0.15) is 11.6 Å². The molecule has 1 heterocycles. The van der Waals surface area contributed by atoms with Crippen LogP contribution < -0.4 is 5.69 Å². The number of phenols is 1. The van der Waals surface area contributed by atoms with Crippen LogP contribution in [-0.4, -0.2) is 31.4 Å². The van der Waals surface area contributed by atoms with E-state index < -0.39 is 11.6 Å². The summed E-state index contributed by atoms with van der Waals surface area (Å²) in [5, 5.41) is 16.1. The zero-order valence-corrected chi connectivity index (χ0v) is 12.1. The van der Waals surface area contributed by atoms with Crippen LogP contribution in [0.2, 0.25) is 0 Å². The van der Waals surface area contributed by atoms with Gasteiger partial charge in [-0.15, -0.1) is 5.10 Å². The molecular weight excluding hydrogens is 297 g/mol. The highest BCUT2D eigenvalue weighted by Gasteiger charge is 2.15. The third-order valence-corrected chi connectivity index (χ3v) is 3.74. The smallest absolute Gasteiger partial charge is 0.343 e. The molecule has 8 heteroatoms. The van der Waals surface area contributed by atoms with Crippen molar-refractivity contribution in [3.63, 3.8) is 0 Å². The number of ketones is 1. The van der Waals surface area contributed by atoms with Crippen LogP contribution in [0.5, 0.6) is 5.75 Å². The Morgan fingerprint density at radius 3 is 3.00 bits per heavy atom. The largest absolute Gasteiger partial charge is 0.507 e. The van der Waals surface area contributed by atoms with Crippen LogP contribution in [0.15, 0.2) is 28.2 Å². The van der Waals surface area contributed by atoms with E-state index in [2.05, 4.69) is 10.2 Å². The van der Waals surface area contributed by atoms with Gasteiger partial charge in [0.2, 0.25) is 0 Å². The van der Waals surface area contributed by atoms with Gasteiger partial charge in [0.15, 0.2) is 10.9 Å². The van der Waals surface area contributed by atoms with Crippen LogP contribution in [0.4, 0.5) is 4.39 Å². The Kier molecular flexibility index (Phi) is 4.79. The van der Waals surface area contributed by atoms with Crippen LogP contribution in [0.1, 0.15) is 23.7 Å². The third kappa shape index (κ3) is 3.52. The second-order valence-electron chi connectivity index (χ2n) is 4.34. The lowest BCUT2D eigenvalue weighted by Gasteiger charge is -2.05. The molecule has 6 nitrogen and oxygen atoms in total. The highest BCUT2D eigenvalue weighted by atomic mass is 32.2. The number of nitrogens with one attached hydrogen (secondary N) is 1. The first kappa shape index (κ1) is 15.3. The van der Waals surface area contributed by atoms with Crippen molar-refractivity contribution in [1.82, 2.24) is 14.8 Å². The Bertz CT molecular complexity index is 711. The first-order valence-corrected chi connectivity index (χ1v) is 7.31. The fourth-order valence-corrected chi connectivity index (χ4v) is 2.63. The average Bonchev–Trinajstić information content (AvgIpc) is 2.80. The summed E-state index contributed by atoms with van der Waals surface area (Å²) in [5.74, 6) is -1.35. The van der Waals surface area contributed by atoms with Gasteiger partial charge >= 0.3 is 5.69 Å². The minimum absolute atomic E-state index is 0.0506. The number of benzene rings is 1. The van der Waals surface area contributed by atoms with Gasteiger partial charge in [-0.2, -0.15) is 0 Å². The molecular formula is C13H14FN3O3S. The lowest BCUT2D eigenvalue weighted by Crippen LogP contribution is -2.17. The van der Waals surface area contributed by atoms with Crippen molar-refractivity contribution in [3.8, 4) is 5.75 Å². The van der Waals surface area contributed by atoms with Crippen LogP contribution >= 0.6 is 11.8 Å². The minimum Gasteiger partial charge on any atom is -0.507 e. The molecule has 0 bridgehead atoms. The second-order valence-corrected chi connectivity index (χ2v) is 5.28. The molecule has 21 heavy (non-hydrogen) atoms. The van der Waals surface area contributed by atoms with E-state index in [1.165, 1.54) is 4.57 Å². The number of nitrogens with zero attached hydrogens (tertiary/aromatic N) is 2. The molecule has 0 fully saturated rings. The van der Waals surface area contributed by atoms with E-state index in [4.69, 9.17) is 0 Å². The molecule has 0 aliphatic heterocycles. The summed E-state index contributed by atoms with van der Waals surface area (Å²) >= 11 is 1.06. The van der Waals surface area contributed by atoms with Gasteiger partial charge in [-0.25, -0.2) is 14.3 Å². The standard InChI is InChI=1S/C13H14FN3O3S/c1-2-5-17-12(20)15-16-13(17)21-7-11(19)9-6-8(14)3-4-10(9)18/h3-4,6,18H,2,5,7H2,1H3,(H,15,20). The number of thioether (sulfide) groups is 1. The molecule has 0 amide bonds. The Morgan fingerprint density at radius 1 is 1.52 bits per heavy atom. The maximum absolute atomic E-state index is 13.1. The molecule has 0 unspecified atom stereocenters. The van der Waals surface area contributed by atoms with Crippen molar-refractivity contribution in [3.05, 3.63) is 40.1 Å². The van der Waals surface area contributed by atoms with Crippen LogP contribution in [0.3, 0.4) is 0 Å². The monoisotopic (exact) mass is 311 g/mol. The van der Waals surface area contributed by atoms with E-state index >= 15 is 0 Å². The zero-order chi connectivity index (χ0) is 15.4. The zero-order valence-electron chi connectivity index (χ0n) is 11.3. The molecule has 2 aromatic rings. The molecule has 112 valence electrons. The Labute approximate surface area is 124 Å². The summed E-state index contributed by atoms with van der Waals surface area (Å²) < 4.78 is 14.5. The number of aromatic amines is 1. The molecule has 0 saturated carbocycles. The number of aromatic hydroxyl groups is 1. The minimum atomic E-state index is -0.594. The predicted molar refractivity (Wildman–Crippen MR) is 76.3 cm³/mol. The Morgan fingerprint density at radius 2 is 2.29 bits per heavy atom. The highest BCUT2D eigenvalue weighted by Crippen LogP contribution is 2.22. The molecule has 0 radical (unpaired) electrons. The Balaban J connectivity index is 2.11. The fraction of sp³-hybridized carbons (Fsp3) is 0.308. The van der Waals surface area contributed by atoms with Gasteiger partial charge < -0.3 is 5.11 Å². The number of aromatic nitrogens is 3. The Hall–Kier alpha value is -2.09. The molecule has 0 spiro atoms. The molecule has 0 atom stereocenters. The van der Waals surface area contributed by atoms with Crippen LogP contribution in [-0.2, 0) is 6.54 Å². The molecule has 0 aliphatic rings. The van der Waals surface area contributed by atoms with Crippen molar-refractivity contribution < 1.29 is 14.3 Å². The number of carbonyl (C=O) groups is 1. The summed E-state index contributed by atoms with van der Waals surface area (Å²) in [5.41, 5.74) is -0.414. The van der Waals surface area contributed by atoms with Gasteiger partial charge in [0, 0.05) is 6.54 Å². The normalized spacial score (nSPS) is 10.8. The number of hydrogen-bond acceptors (Lipinski definition) is 5. The van der Waals surface area contributed by atoms with Crippen molar-refractivity contribution >= 4 is 17.5 Å². The van der Waals surface area contributed by atoms with Crippen molar-refractivity contribution in [1.29, 1.82) is 0 Å². The van der Waals surface area contributed by atoms with E-state index in [1.807, 2.05) is 6.92 Å². The first-order valence-electron chi connectivity index (χ1n) is 6.32. The molecule has 1 aromatic heterocycles. The van der Waals surface area contributed by atoms with Crippen LogP contribution in [0.25, 0.3) is 0 Å². The first-order chi connectivity index (χ1) is 10.0. The molecule has 2 rings (SSSR count). The molecule has 2 N–H and O–H groups in total. The SMILES string of the molecule is CCCn1c(SCC(=O)c2cc(F)ccc2O)n[nH]c1=O. The maximum Gasteiger partial charge on any atom is 0.343 e. The topological polar surface area (TPSA) is 88.0 Å². The quantitative estimate of drug-likeness (QED) is 0.627. The average molecular weight is 311 g/mol. The van der Waals surface area contributed by atoms with Gasteiger partial charge in [-0.05, 0) is 24.6 Å². The lowest BCUT2D eigenvalue weighted by atomic mass is 10.1. The van der Waals surface area contributed by atoms with E-state index in [0.717, 1.165) is 36.4 Å². The predicted octanol–water partition coefficient (Wildman–Crippen LogP) is 1.80. The number of rotatable bonds is 6. The van der Waals surface area contributed by atoms with Gasteiger partial charge in [0.05, 0.1) is 11.3 Å². The maximum atomic E-state index is 13.1. The van der Waals surface area contributed by atoms with E-state index in [1.54, 1.807) is 0 Å². The van der Waals surface area contributed by atoms with E-state index in [0.29, 0.717) is 11.7 Å². The molecule has 0 aliphatic carbocycles. The van der Waals surface area contributed by atoms with Gasteiger partial charge in [-0.3, -0.25) is 9.36 Å². The molecule has 1 aromatic carbocycles. The number of Topliss-reactive ketones (excluding diaryl/α,β-unsaturated/α-hetero) is 1. The summed E-state index contributed by atoms with van der Waals surface area (Å²) in [4.78, 5) is 23.5. The summed E-state index contributed by atoms with van der Waals surface area (Å²) in [7, 11) is 0. The molecule has 0 saturated heterocycles. The number of H-pyrrole nitrogens is 1. The highest BCUT2D eigenvalue weighted by molar-refractivity contribution is 7.99. The third-order valence-electron chi connectivity index (χ3n) is 2.76. The summed E-state index contributed by atoms with van der Waals surface area (Å²) in [6.07, 6.45) is 0.756. The summed E-state index contributed by atoms with van der Waals surface area (Å²) in [6, 6.07) is 3.20.